The molecular weight excluding hydrogens is 352 g/mol. The lowest BCUT2D eigenvalue weighted by molar-refractivity contribution is -0.384. The molecule has 1 amide bonds. The standard InChI is InChI=1S/C19H18N2O6/c1-26-19(23)17-10-13-4-2-3-5-14(13)11-20(17)18(22)12-27-16-8-6-15(7-9-16)21(24)25/h2-9,17H,10-12H2,1H3/t17-/m0/s1. The highest BCUT2D eigenvalue weighted by Gasteiger charge is 2.35. The van der Waals surface area contributed by atoms with Crippen molar-refractivity contribution in [2.45, 2.75) is 19.0 Å². The van der Waals surface area contributed by atoms with Crippen LogP contribution in [0.15, 0.2) is 48.5 Å². The zero-order valence-corrected chi connectivity index (χ0v) is 14.7. The van der Waals surface area contributed by atoms with E-state index in [9.17, 15) is 19.7 Å². The first-order valence-electron chi connectivity index (χ1n) is 8.31. The molecule has 1 heterocycles. The number of ether oxygens (including phenoxy) is 2. The fraction of sp³-hybridized carbons (Fsp3) is 0.263. The van der Waals surface area contributed by atoms with Gasteiger partial charge in [-0.1, -0.05) is 24.3 Å². The lowest BCUT2D eigenvalue weighted by atomic mass is 9.94. The van der Waals surface area contributed by atoms with Crippen LogP contribution in [0.2, 0.25) is 0 Å². The second-order valence-corrected chi connectivity index (χ2v) is 6.07. The van der Waals surface area contributed by atoms with Crippen LogP contribution in [0.3, 0.4) is 0 Å². The Balaban J connectivity index is 1.71. The number of amides is 1. The summed E-state index contributed by atoms with van der Waals surface area (Å²) in [6.45, 7) is 0.00582. The second-order valence-electron chi connectivity index (χ2n) is 6.07. The largest absolute Gasteiger partial charge is 0.484 e. The van der Waals surface area contributed by atoms with Crippen molar-refractivity contribution in [1.82, 2.24) is 4.90 Å². The smallest absolute Gasteiger partial charge is 0.328 e. The van der Waals surface area contributed by atoms with Crippen molar-refractivity contribution in [3.63, 3.8) is 0 Å². The van der Waals surface area contributed by atoms with E-state index >= 15 is 0 Å². The molecule has 1 aliphatic heterocycles. The van der Waals surface area contributed by atoms with Gasteiger partial charge >= 0.3 is 5.97 Å². The molecule has 0 fully saturated rings. The molecule has 8 heteroatoms. The van der Waals surface area contributed by atoms with E-state index in [2.05, 4.69) is 0 Å². The summed E-state index contributed by atoms with van der Waals surface area (Å²) in [6, 6.07) is 12.4. The van der Waals surface area contributed by atoms with Crippen LogP contribution >= 0.6 is 0 Å². The Morgan fingerprint density at radius 2 is 1.81 bits per heavy atom. The summed E-state index contributed by atoms with van der Waals surface area (Å²) in [5.74, 6) is -0.507. The lowest BCUT2D eigenvalue weighted by Gasteiger charge is -2.35. The first kappa shape index (κ1) is 18.4. The van der Waals surface area contributed by atoms with Gasteiger partial charge in [0.2, 0.25) is 0 Å². The van der Waals surface area contributed by atoms with E-state index in [1.54, 1.807) is 0 Å². The van der Waals surface area contributed by atoms with Gasteiger partial charge in [-0.05, 0) is 23.3 Å². The Hall–Kier alpha value is -3.42. The predicted molar refractivity (Wildman–Crippen MR) is 95.1 cm³/mol. The first-order chi connectivity index (χ1) is 13.0. The number of esters is 1. The molecule has 2 aromatic rings. The molecule has 8 nitrogen and oxygen atoms in total. The summed E-state index contributed by atoms with van der Waals surface area (Å²) in [5, 5.41) is 10.7. The van der Waals surface area contributed by atoms with Crippen molar-refractivity contribution in [1.29, 1.82) is 0 Å². The van der Waals surface area contributed by atoms with Crippen LogP contribution in [0.25, 0.3) is 0 Å². The van der Waals surface area contributed by atoms with Gasteiger partial charge in [-0.2, -0.15) is 0 Å². The van der Waals surface area contributed by atoms with Crippen LogP contribution in [-0.2, 0) is 27.3 Å². The molecule has 1 atom stereocenters. The summed E-state index contributed by atoms with van der Waals surface area (Å²) >= 11 is 0. The van der Waals surface area contributed by atoms with Crippen LogP contribution in [0.5, 0.6) is 5.75 Å². The van der Waals surface area contributed by atoms with Gasteiger partial charge in [-0.15, -0.1) is 0 Å². The summed E-state index contributed by atoms with van der Waals surface area (Å²) in [7, 11) is 1.29. The predicted octanol–water partition coefficient (Wildman–Crippen LogP) is 2.10. The number of nitro benzene ring substituents is 1. The van der Waals surface area contributed by atoms with Gasteiger partial charge < -0.3 is 14.4 Å². The first-order valence-corrected chi connectivity index (χ1v) is 8.31. The number of methoxy groups -OCH3 is 1. The molecular formula is C19H18N2O6. The fourth-order valence-electron chi connectivity index (χ4n) is 3.02. The van der Waals surface area contributed by atoms with E-state index in [1.165, 1.54) is 36.3 Å². The zero-order valence-electron chi connectivity index (χ0n) is 14.7. The number of benzene rings is 2. The van der Waals surface area contributed by atoms with E-state index in [1.807, 2.05) is 24.3 Å². The SMILES string of the molecule is COC(=O)[C@@H]1Cc2ccccc2CN1C(=O)COc1ccc([N+](=O)[O-])cc1. The molecule has 2 aromatic carbocycles. The van der Waals surface area contributed by atoms with Gasteiger partial charge in [0.25, 0.3) is 11.6 Å². The van der Waals surface area contributed by atoms with Crippen LogP contribution in [-0.4, -0.2) is 41.5 Å². The van der Waals surface area contributed by atoms with Crippen molar-refractivity contribution in [2.75, 3.05) is 13.7 Å². The maximum atomic E-state index is 12.7. The molecule has 0 aliphatic carbocycles. The lowest BCUT2D eigenvalue weighted by Crippen LogP contribution is -2.50. The number of hydrogen-bond acceptors (Lipinski definition) is 6. The van der Waals surface area contributed by atoms with Crippen molar-refractivity contribution in [3.05, 3.63) is 69.8 Å². The summed E-state index contributed by atoms with van der Waals surface area (Å²) in [6.07, 6.45) is 0.381. The van der Waals surface area contributed by atoms with Gasteiger partial charge in [0.05, 0.1) is 12.0 Å². The number of nitrogens with zero attached hydrogens (tertiary/aromatic N) is 2. The van der Waals surface area contributed by atoms with Crippen molar-refractivity contribution in [2.24, 2.45) is 0 Å². The highest BCUT2D eigenvalue weighted by atomic mass is 16.6. The summed E-state index contributed by atoms with van der Waals surface area (Å²) in [4.78, 5) is 36.4. The Kier molecular flexibility index (Phi) is 5.35. The number of carbonyl (C=O) groups is 2. The molecule has 0 unspecified atom stereocenters. The van der Waals surface area contributed by atoms with Crippen molar-refractivity contribution in [3.8, 4) is 5.75 Å². The minimum absolute atomic E-state index is 0.0629. The molecule has 0 saturated heterocycles. The molecule has 27 heavy (non-hydrogen) atoms. The molecule has 0 aromatic heterocycles. The Labute approximate surface area is 155 Å². The Morgan fingerprint density at radius 1 is 1.15 bits per heavy atom. The minimum Gasteiger partial charge on any atom is -0.484 e. The van der Waals surface area contributed by atoms with E-state index in [0.717, 1.165) is 11.1 Å². The fourth-order valence-corrected chi connectivity index (χ4v) is 3.02. The molecule has 0 bridgehead atoms. The normalized spacial score (nSPS) is 15.6. The molecule has 0 saturated carbocycles. The minimum atomic E-state index is -0.710. The quantitative estimate of drug-likeness (QED) is 0.454. The third-order valence-electron chi connectivity index (χ3n) is 4.45. The van der Waals surface area contributed by atoms with Crippen LogP contribution < -0.4 is 4.74 Å². The maximum absolute atomic E-state index is 12.7. The summed E-state index contributed by atoms with van der Waals surface area (Å²) < 4.78 is 10.3. The monoisotopic (exact) mass is 370 g/mol. The topological polar surface area (TPSA) is 99.0 Å². The molecule has 140 valence electrons. The third-order valence-corrected chi connectivity index (χ3v) is 4.45. The van der Waals surface area contributed by atoms with E-state index in [0.29, 0.717) is 18.7 Å². The Morgan fingerprint density at radius 3 is 2.44 bits per heavy atom. The average Bonchev–Trinajstić information content (AvgIpc) is 2.70. The van der Waals surface area contributed by atoms with Gasteiger partial charge in [-0.3, -0.25) is 14.9 Å². The van der Waals surface area contributed by atoms with E-state index < -0.39 is 16.9 Å². The van der Waals surface area contributed by atoms with Gasteiger partial charge in [0.15, 0.2) is 6.61 Å². The van der Waals surface area contributed by atoms with Crippen molar-refractivity contribution < 1.29 is 24.0 Å². The zero-order chi connectivity index (χ0) is 19.4. The average molecular weight is 370 g/mol. The van der Waals surface area contributed by atoms with Gasteiger partial charge in [0.1, 0.15) is 11.8 Å². The van der Waals surface area contributed by atoms with E-state index in [-0.39, 0.29) is 18.2 Å². The van der Waals surface area contributed by atoms with Crippen molar-refractivity contribution >= 4 is 17.6 Å². The Bertz CT molecular complexity index is 865. The molecule has 3 rings (SSSR count). The maximum Gasteiger partial charge on any atom is 0.328 e. The van der Waals surface area contributed by atoms with Crippen LogP contribution in [0.4, 0.5) is 5.69 Å². The third kappa shape index (κ3) is 4.05. The molecule has 0 spiro atoms. The number of fused-ring (bicyclic) bond motifs is 1. The highest BCUT2D eigenvalue weighted by Crippen LogP contribution is 2.24. The van der Waals surface area contributed by atoms with Crippen LogP contribution in [0, 0.1) is 10.1 Å². The number of nitro groups is 1. The number of hydrogen-bond donors (Lipinski definition) is 0. The molecule has 1 aliphatic rings. The number of rotatable bonds is 5. The molecule has 0 N–H and O–H groups in total. The van der Waals surface area contributed by atoms with Gasteiger partial charge in [0, 0.05) is 25.1 Å². The summed E-state index contributed by atoms with van der Waals surface area (Å²) in [5.41, 5.74) is 1.92. The number of non-ortho nitro benzene ring substituents is 1. The van der Waals surface area contributed by atoms with Gasteiger partial charge in [-0.25, -0.2) is 4.79 Å². The van der Waals surface area contributed by atoms with Crippen LogP contribution in [0.1, 0.15) is 11.1 Å². The second kappa shape index (κ2) is 7.86. The van der Waals surface area contributed by atoms with E-state index in [4.69, 9.17) is 9.47 Å². The highest BCUT2D eigenvalue weighted by molar-refractivity contribution is 5.86. The number of carbonyl (C=O) groups excluding carboxylic acids is 2. The molecule has 0 radical (unpaired) electrons.